The second-order valence-electron chi connectivity index (χ2n) is 3.68. The van der Waals surface area contributed by atoms with Crippen molar-refractivity contribution < 1.29 is 4.74 Å². The monoisotopic (exact) mass is 222 g/mol. The first kappa shape index (κ1) is 10.6. The number of rotatable bonds is 4. The van der Waals surface area contributed by atoms with Crippen molar-refractivity contribution in [3.63, 3.8) is 0 Å². The Kier molecular flexibility index (Phi) is 3.73. The zero-order chi connectivity index (χ0) is 10.5. The van der Waals surface area contributed by atoms with Crippen molar-refractivity contribution >= 4 is 11.3 Å². The third-order valence-corrected chi connectivity index (χ3v) is 3.41. The maximum atomic E-state index is 8.67. The van der Waals surface area contributed by atoms with Crippen LogP contribution in [-0.4, -0.2) is 19.3 Å². The van der Waals surface area contributed by atoms with Gasteiger partial charge in [0.05, 0.1) is 11.7 Å². The van der Waals surface area contributed by atoms with Crippen molar-refractivity contribution in [3.05, 3.63) is 21.9 Å². The molecule has 0 radical (unpaired) electrons. The molecular weight excluding hydrogens is 208 g/mol. The molecule has 3 nitrogen and oxygen atoms in total. The Morgan fingerprint density at radius 1 is 1.67 bits per heavy atom. The summed E-state index contributed by atoms with van der Waals surface area (Å²) < 4.78 is 5.51. The smallest absolute Gasteiger partial charge is 0.100 e. The van der Waals surface area contributed by atoms with E-state index in [1.54, 1.807) is 11.3 Å². The fourth-order valence-corrected chi connectivity index (χ4v) is 2.47. The van der Waals surface area contributed by atoms with E-state index in [2.05, 4.69) is 11.4 Å². The van der Waals surface area contributed by atoms with Crippen molar-refractivity contribution in [2.24, 2.45) is 0 Å². The molecule has 2 heterocycles. The second-order valence-corrected chi connectivity index (χ2v) is 4.68. The SMILES string of the molecule is N#Cc1csc(CNCC2CCCO2)c1. The van der Waals surface area contributed by atoms with Gasteiger partial charge in [0.2, 0.25) is 0 Å². The Bertz CT molecular complexity index is 350. The number of nitrogens with zero attached hydrogens (tertiary/aromatic N) is 1. The van der Waals surface area contributed by atoms with Gasteiger partial charge in [0, 0.05) is 30.0 Å². The largest absolute Gasteiger partial charge is 0.377 e. The number of thiophene rings is 1. The van der Waals surface area contributed by atoms with Crippen LogP contribution >= 0.6 is 11.3 Å². The molecule has 80 valence electrons. The topological polar surface area (TPSA) is 45.0 Å². The molecule has 4 heteroatoms. The lowest BCUT2D eigenvalue weighted by molar-refractivity contribution is 0.110. The zero-order valence-corrected chi connectivity index (χ0v) is 9.35. The van der Waals surface area contributed by atoms with E-state index in [4.69, 9.17) is 10.00 Å². The molecule has 0 aromatic carbocycles. The van der Waals surface area contributed by atoms with Gasteiger partial charge in [-0.3, -0.25) is 0 Å². The van der Waals surface area contributed by atoms with E-state index in [-0.39, 0.29) is 0 Å². The fraction of sp³-hybridized carbons (Fsp3) is 0.545. The summed E-state index contributed by atoms with van der Waals surface area (Å²) >= 11 is 1.63. The number of nitriles is 1. The minimum absolute atomic E-state index is 0.389. The highest BCUT2D eigenvalue weighted by Crippen LogP contribution is 2.14. The lowest BCUT2D eigenvalue weighted by Crippen LogP contribution is -2.25. The summed E-state index contributed by atoms with van der Waals surface area (Å²) in [6, 6.07) is 4.07. The fourth-order valence-electron chi connectivity index (χ4n) is 1.69. The lowest BCUT2D eigenvalue weighted by Gasteiger charge is -2.09. The summed E-state index contributed by atoms with van der Waals surface area (Å²) in [4.78, 5) is 1.21. The first-order valence-corrected chi connectivity index (χ1v) is 6.06. The summed E-state index contributed by atoms with van der Waals surface area (Å²) in [6.45, 7) is 2.66. The van der Waals surface area contributed by atoms with Crippen LogP contribution in [0.5, 0.6) is 0 Å². The van der Waals surface area contributed by atoms with E-state index >= 15 is 0 Å². The first-order valence-electron chi connectivity index (χ1n) is 5.18. The maximum Gasteiger partial charge on any atom is 0.100 e. The summed E-state index contributed by atoms with van der Waals surface area (Å²) in [6.07, 6.45) is 2.74. The minimum atomic E-state index is 0.389. The van der Waals surface area contributed by atoms with Gasteiger partial charge in [0.15, 0.2) is 0 Å². The average molecular weight is 222 g/mol. The number of hydrogen-bond donors (Lipinski definition) is 1. The van der Waals surface area contributed by atoms with Crippen LogP contribution in [0.1, 0.15) is 23.3 Å². The summed E-state index contributed by atoms with van der Waals surface area (Å²) in [5, 5.41) is 13.9. The van der Waals surface area contributed by atoms with Gasteiger partial charge in [-0.1, -0.05) is 0 Å². The van der Waals surface area contributed by atoms with Crippen LogP contribution in [-0.2, 0) is 11.3 Å². The van der Waals surface area contributed by atoms with Gasteiger partial charge in [-0.2, -0.15) is 5.26 Å². The predicted molar refractivity (Wildman–Crippen MR) is 59.7 cm³/mol. The quantitative estimate of drug-likeness (QED) is 0.846. The number of nitrogens with one attached hydrogen (secondary N) is 1. The third-order valence-electron chi connectivity index (χ3n) is 2.48. The van der Waals surface area contributed by atoms with E-state index in [0.29, 0.717) is 6.10 Å². The molecule has 1 aliphatic heterocycles. The molecule has 0 amide bonds. The highest BCUT2D eigenvalue weighted by molar-refractivity contribution is 7.10. The molecule has 1 aliphatic rings. The number of hydrogen-bond acceptors (Lipinski definition) is 4. The second kappa shape index (κ2) is 5.26. The van der Waals surface area contributed by atoms with Gasteiger partial charge in [-0.15, -0.1) is 11.3 Å². The molecular formula is C11H14N2OS. The Morgan fingerprint density at radius 2 is 2.60 bits per heavy atom. The predicted octanol–water partition coefficient (Wildman–Crippen LogP) is 1.89. The van der Waals surface area contributed by atoms with Gasteiger partial charge >= 0.3 is 0 Å². The van der Waals surface area contributed by atoms with Gasteiger partial charge in [-0.25, -0.2) is 0 Å². The van der Waals surface area contributed by atoms with Crippen LogP contribution in [0.4, 0.5) is 0 Å². The maximum absolute atomic E-state index is 8.67. The lowest BCUT2D eigenvalue weighted by atomic mass is 10.2. The Hall–Kier alpha value is -0.890. The van der Waals surface area contributed by atoms with Crippen LogP contribution in [0, 0.1) is 11.3 Å². The summed E-state index contributed by atoms with van der Waals surface area (Å²) in [5.41, 5.74) is 0.758. The van der Waals surface area contributed by atoms with Gasteiger partial charge in [0.25, 0.3) is 0 Å². The van der Waals surface area contributed by atoms with Gasteiger partial charge in [0.1, 0.15) is 6.07 Å². The molecule has 2 rings (SSSR count). The van der Waals surface area contributed by atoms with Crippen LogP contribution in [0.2, 0.25) is 0 Å². The molecule has 0 aliphatic carbocycles. The summed E-state index contributed by atoms with van der Waals surface area (Å²) in [7, 11) is 0. The van der Waals surface area contributed by atoms with Crippen molar-refractivity contribution in [2.45, 2.75) is 25.5 Å². The molecule has 1 N–H and O–H groups in total. The van der Waals surface area contributed by atoms with Gasteiger partial charge in [-0.05, 0) is 18.9 Å². The standard InChI is InChI=1S/C11H14N2OS/c12-5-9-4-11(15-8-9)7-13-6-10-2-1-3-14-10/h4,8,10,13H,1-3,6-7H2. The van der Waals surface area contributed by atoms with Crippen LogP contribution < -0.4 is 5.32 Å². The van der Waals surface area contributed by atoms with Crippen LogP contribution in [0.25, 0.3) is 0 Å². The van der Waals surface area contributed by atoms with Crippen molar-refractivity contribution in [1.29, 1.82) is 5.26 Å². The Morgan fingerprint density at radius 3 is 3.27 bits per heavy atom. The van der Waals surface area contributed by atoms with Crippen molar-refractivity contribution in [3.8, 4) is 6.07 Å². The normalized spacial score (nSPS) is 20.3. The Labute approximate surface area is 93.7 Å². The molecule has 1 fully saturated rings. The van der Waals surface area contributed by atoms with Crippen molar-refractivity contribution in [2.75, 3.05) is 13.2 Å². The highest BCUT2D eigenvalue weighted by Gasteiger charge is 2.14. The van der Waals surface area contributed by atoms with E-state index in [1.165, 1.54) is 17.7 Å². The van der Waals surface area contributed by atoms with Crippen LogP contribution in [0.15, 0.2) is 11.4 Å². The first-order chi connectivity index (χ1) is 7.38. The third kappa shape index (κ3) is 3.03. The molecule has 0 bridgehead atoms. The van der Waals surface area contributed by atoms with E-state index < -0.39 is 0 Å². The van der Waals surface area contributed by atoms with Crippen molar-refractivity contribution in [1.82, 2.24) is 5.32 Å². The molecule has 1 atom stereocenters. The molecule has 0 spiro atoms. The van der Waals surface area contributed by atoms with E-state index in [9.17, 15) is 0 Å². The van der Waals surface area contributed by atoms with Gasteiger partial charge < -0.3 is 10.1 Å². The molecule has 1 aromatic heterocycles. The molecule has 1 saturated heterocycles. The highest BCUT2D eigenvalue weighted by atomic mass is 32.1. The van der Waals surface area contributed by atoms with E-state index in [0.717, 1.165) is 25.3 Å². The molecule has 0 saturated carbocycles. The van der Waals surface area contributed by atoms with E-state index in [1.807, 2.05) is 11.4 Å². The minimum Gasteiger partial charge on any atom is -0.377 e. The zero-order valence-electron chi connectivity index (χ0n) is 8.53. The molecule has 15 heavy (non-hydrogen) atoms. The van der Waals surface area contributed by atoms with Crippen LogP contribution in [0.3, 0.4) is 0 Å². The molecule has 1 aromatic rings. The number of ether oxygens (including phenoxy) is 1. The molecule has 1 unspecified atom stereocenters. The average Bonchev–Trinajstić information content (AvgIpc) is 2.88. The summed E-state index contributed by atoms with van der Waals surface area (Å²) in [5.74, 6) is 0. The Balaban J connectivity index is 1.71.